The average molecular weight is 269 g/mol. The molecule has 0 bridgehead atoms. The van der Waals surface area contributed by atoms with Gasteiger partial charge in [-0.05, 0) is 48.1 Å². The highest BCUT2D eigenvalue weighted by Gasteiger charge is 2.31. The summed E-state index contributed by atoms with van der Waals surface area (Å²) >= 11 is 0. The van der Waals surface area contributed by atoms with Gasteiger partial charge >= 0.3 is 0 Å². The van der Waals surface area contributed by atoms with E-state index in [1.807, 2.05) is 12.1 Å². The van der Waals surface area contributed by atoms with Crippen molar-refractivity contribution < 1.29 is 4.39 Å². The van der Waals surface area contributed by atoms with Crippen molar-refractivity contribution in [2.45, 2.75) is 25.8 Å². The van der Waals surface area contributed by atoms with Crippen LogP contribution in [0.2, 0.25) is 0 Å². The molecule has 1 N–H and O–H groups in total. The molecule has 20 heavy (non-hydrogen) atoms. The Balaban J connectivity index is 1.85. The molecule has 2 aromatic carbocycles. The molecule has 0 radical (unpaired) electrons. The van der Waals surface area contributed by atoms with Crippen LogP contribution in [0.25, 0.3) is 0 Å². The van der Waals surface area contributed by atoms with Gasteiger partial charge in [-0.2, -0.15) is 0 Å². The monoisotopic (exact) mass is 269 g/mol. The summed E-state index contributed by atoms with van der Waals surface area (Å²) in [4.78, 5) is 0. The summed E-state index contributed by atoms with van der Waals surface area (Å²) in [6.07, 6.45) is 1.82. The van der Waals surface area contributed by atoms with Gasteiger partial charge in [-0.15, -0.1) is 0 Å². The van der Waals surface area contributed by atoms with Gasteiger partial charge in [-0.25, -0.2) is 4.39 Å². The Hall–Kier alpha value is -1.67. The van der Waals surface area contributed by atoms with E-state index in [2.05, 4.69) is 36.5 Å². The van der Waals surface area contributed by atoms with Crippen molar-refractivity contribution in [1.29, 1.82) is 0 Å². The van der Waals surface area contributed by atoms with Crippen LogP contribution in [0.15, 0.2) is 48.5 Å². The summed E-state index contributed by atoms with van der Waals surface area (Å²) in [7, 11) is 0. The molecule has 104 valence electrons. The topological polar surface area (TPSA) is 12.0 Å². The standard InChI is InChI=1S/C18H20FN/c1-2-20-18-15(11-13-7-3-5-9-16(13)18)12-14-8-4-6-10-17(14)19/h3-10,15,18,20H,2,11-12H2,1H3. The van der Waals surface area contributed by atoms with Gasteiger partial charge in [0.1, 0.15) is 5.82 Å². The van der Waals surface area contributed by atoms with Crippen LogP contribution in [-0.4, -0.2) is 6.54 Å². The number of fused-ring (bicyclic) bond motifs is 1. The third-order valence-electron chi connectivity index (χ3n) is 4.21. The van der Waals surface area contributed by atoms with Crippen LogP contribution in [0.5, 0.6) is 0 Å². The number of hydrogen-bond acceptors (Lipinski definition) is 1. The van der Waals surface area contributed by atoms with Crippen molar-refractivity contribution in [2.24, 2.45) is 5.92 Å². The molecular weight excluding hydrogens is 249 g/mol. The number of nitrogens with one attached hydrogen (secondary N) is 1. The molecule has 0 aliphatic heterocycles. The molecule has 0 saturated heterocycles. The second-order valence-corrected chi connectivity index (χ2v) is 5.49. The van der Waals surface area contributed by atoms with Gasteiger partial charge in [0.15, 0.2) is 0 Å². The van der Waals surface area contributed by atoms with Crippen molar-refractivity contribution >= 4 is 0 Å². The lowest BCUT2D eigenvalue weighted by atomic mass is 9.92. The van der Waals surface area contributed by atoms with Gasteiger partial charge in [-0.3, -0.25) is 0 Å². The second kappa shape index (κ2) is 5.76. The van der Waals surface area contributed by atoms with E-state index in [1.54, 1.807) is 12.1 Å². The van der Waals surface area contributed by atoms with E-state index in [-0.39, 0.29) is 5.82 Å². The van der Waals surface area contributed by atoms with Crippen LogP contribution in [-0.2, 0) is 12.8 Å². The molecule has 1 aliphatic carbocycles. The Bertz CT molecular complexity index is 593. The first-order chi connectivity index (χ1) is 9.79. The van der Waals surface area contributed by atoms with E-state index in [4.69, 9.17) is 0 Å². The molecular formula is C18H20FN. The number of halogens is 1. The van der Waals surface area contributed by atoms with Crippen molar-refractivity contribution in [3.8, 4) is 0 Å². The van der Waals surface area contributed by atoms with Crippen molar-refractivity contribution in [3.05, 3.63) is 71.0 Å². The quantitative estimate of drug-likeness (QED) is 0.888. The minimum atomic E-state index is -0.0845. The lowest BCUT2D eigenvalue weighted by Gasteiger charge is -2.21. The Morgan fingerprint density at radius 2 is 1.85 bits per heavy atom. The lowest BCUT2D eigenvalue weighted by molar-refractivity contribution is 0.389. The second-order valence-electron chi connectivity index (χ2n) is 5.49. The van der Waals surface area contributed by atoms with E-state index in [1.165, 1.54) is 11.1 Å². The molecule has 3 rings (SSSR count). The van der Waals surface area contributed by atoms with Crippen LogP contribution in [0, 0.1) is 11.7 Å². The Morgan fingerprint density at radius 3 is 2.65 bits per heavy atom. The van der Waals surface area contributed by atoms with Crippen LogP contribution in [0.4, 0.5) is 4.39 Å². The summed E-state index contributed by atoms with van der Waals surface area (Å²) in [5, 5.41) is 3.57. The summed E-state index contributed by atoms with van der Waals surface area (Å²) in [5.41, 5.74) is 3.61. The van der Waals surface area contributed by atoms with Crippen LogP contribution in [0.1, 0.15) is 29.7 Å². The Labute approximate surface area is 119 Å². The van der Waals surface area contributed by atoms with Crippen LogP contribution >= 0.6 is 0 Å². The highest BCUT2D eigenvalue weighted by Crippen LogP contribution is 2.38. The van der Waals surface area contributed by atoms with Gasteiger partial charge in [0, 0.05) is 6.04 Å². The fourth-order valence-electron chi connectivity index (χ4n) is 3.31. The maximum absolute atomic E-state index is 13.9. The molecule has 2 atom stereocenters. The fourth-order valence-corrected chi connectivity index (χ4v) is 3.31. The van der Waals surface area contributed by atoms with Gasteiger partial charge in [0.05, 0.1) is 0 Å². The third-order valence-corrected chi connectivity index (χ3v) is 4.21. The first kappa shape index (κ1) is 13.3. The first-order valence-corrected chi connectivity index (χ1v) is 7.34. The van der Waals surface area contributed by atoms with Crippen LogP contribution in [0.3, 0.4) is 0 Å². The average Bonchev–Trinajstić information content (AvgIpc) is 2.80. The molecule has 0 amide bonds. The summed E-state index contributed by atoms with van der Waals surface area (Å²) in [5.74, 6) is 0.350. The Kier molecular flexibility index (Phi) is 3.83. The van der Waals surface area contributed by atoms with Crippen LogP contribution < -0.4 is 5.32 Å². The smallest absolute Gasteiger partial charge is 0.126 e. The number of benzene rings is 2. The lowest BCUT2D eigenvalue weighted by Crippen LogP contribution is -2.26. The molecule has 2 aromatic rings. The zero-order valence-electron chi connectivity index (χ0n) is 11.8. The highest BCUT2D eigenvalue weighted by atomic mass is 19.1. The first-order valence-electron chi connectivity index (χ1n) is 7.34. The van der Waals surface area contributed by atoms with E-state index in [0.717, 1.165) is 24.9 Å². The molecule has 0 aromatic heterocycles. The van der Waals surface area contributed by atoms with Crippen molar-refractivity contribution in [2.75, 3.05) is 6.54 Å². The minimum absolute atomic E-state index is 0.0845. The number of hydrogen-bond donors (Lipinski definition) is 1. The zero-order valence-corrected chi connectivity index (χ0v) is 11.8. The maximum Gasteiger partial charge on any atom is 0.126 e. The normalized spacial score (nSPS) is 20.9. The van der Waals surface area contributed by atoms with E-state index in [9.17, 15) is 4.39 Å². The summed E-state index contributed by atoms with van der Waals surface area (Å²) in [6.45, 7) is 3.06. The van der Waals surface area contributed by atoms with Crippen molar-refractivity contribution in [3.63, 3.8) is 0 Å². The highest BCUT2D eigenvalue weighted by molar-refractivity contribution is 5.36. The van der Waals surface area contributed by atoms with E-state index in [0.29, 0.717) is 12.0 Å². The molecule has 1 nitrogen and oxygen atoms in total. The summed E-state index contributed by atoms with van der Waals surface area (Å²) in [6, 6.07) is 16.1. The summed E-state index contributed by atoms with van der Waals surface area (Å²) < 4.78 is 13.9. The molecule has 0 saturated carbocycles. The molecule has 0 fully saturated rings. The molecule has 1 aliphatic rings. The molecule has 0 spiro atoms. The zero-order chi connectivity index (χ0) is 13.9. The Morgan fingerprint density at radius 1 is 1.10 bits per heavy atom. The van der Waals surface area contributed by atoms with Gasteiger partial charge in [0.25, 0.3) is 0 Å². The third kappa shape index (κ3) is 2.48. The van der Waals surface area contributed by atoms with Gasteiger partial charge in [0.2, 0.25) is 0 Å². The predicted octanol–water partition coefficient (Wildman–Crippen LogP) is 3.89. The van der Waals surface area contributed by atoms with Gasteiger partial charge in [-0.1, -0.05) is 49.4 Å². The fraction of sp³-hybridized carbons (Fsp3) is 0.333. The van der Waals surface area contributed by atoms with Gasteiger partial charge < -0.3 is 5.32 Å². The molecule has 2 heteroatoms. The molecule has 0 heterocycles. The molecule has 2 unspecified atom stereocenters. The maximum atomic E-state index is 13.9. The minimum Gasteiger partial charge on any atom is -0.310 e. The number of rotatable bonds is 4. The predicted molar refractivity (Wildman–Crippen MR) is 80.2 cm³/mol. The SMILES string of the molecule is CCNC1c2ccccc2CC1Cc1ccccc1F. The van der Waals surface area contributed by atoms with E-state index < -0.39 is 0 Å². The van der Waals surface area contributed by atoms with Crippen molar-refractivity contribution in [1.82, 2.24) is 5.32 Å². The van der Waals surface area contributed by atoms with E-state index >= 15 is 0 Å². The largest absolute Gasteiger partial charge is 0.310 e.